The molecular weight excluding hydrogens is 262 g/mol. The van der Waals surface area contributed by atoms with Gasteiger partial charge in [0.25, 0.3) is 10.1 Å². The number of hydrogen-bond donors (Lipinski definition) is 3. The van der Waals surface area contributed by atoms with Gasteiger partial charge in [0.1, 0.15) is 5.25 Å². The summed E-state index contributed by atoms with van der Waals surface area (Å²) in [6, 6.07) is 0. The van der Waals surface area contributed by atoms with Gasteiger partial charge in [-0.05, 0) is 19.9 Å². The minimum atomic E-state index is -4.75. The second-order valence-corrected chi connectivity index (χ2v) is 5.64. The second kappa shape index (κ2) is 5.32. The Hall–Kier alpha value is -1.67. The van der Waals surface area contributed by atoms with Crippen LogP contribution in [0.25, 0.3) is 0 Å². The lowest BCUT2D eigenvalue weighted by atomic mass is 9.94. The average Bonchev–Trinajstić information content (AvgIpc) is 2.13. The fourth-order valence-corrected chi connectivity index (χ4v) is 2.80. The largest absolute Gasteiger partial charge is 0.478 e. The number of hydrogen-bond acceptors (Lipinski definition) is 4. The van der Waals surface area contributed by atoms with Crippen LogP contribution < -0.4 is 5.32 Å². The Labute approximate surface area is 105 Å². The molecule has 0 spiro atoms. The fraction of sp³-hybridized carbons (Fsp3) is 0.400. The summed E-state index contributed by atoms with van der Waals surface area (Å²) in [5.41, 5.74) is -2.30. The molecule has 0 heterocycles. The second-order valence-electron chi connectivity index (χ2n) is 4.14. The Morgan fingerprint density at radius 3 is 2.11 bits per heavy atom. The van der Waals surface area contributed by atoms with E-state index in [1.165, 1.54) is 13.8 Å². The molecule has 0 rings (SSSR count). The van der Waals surface area contributed by atoms with E-state index in [9.17, 15) is 18.0 Å². The first-order valence-corrected chi connectivity index (χ1v) is 6.26. The summed E-state index contributed by atoms with van der Waals surface area (Å²) in [6.07, 6.45) is 0.895. The molecule has 1 amide bonds. The average molecular weight is 277 g/mol. The van der Waals surface area contributed by atoms with Crippen molar-refractivity contribution in [3.63, 3.8) is 0 Å². The summed E-state index contributed by atoms with van der Waals surface area (Å²) < 4.78 is 31.6. The zero-order valence-electron chi connectivity index (χ0n) is 10.0. The molecule has 1 atom stereocenters. The van der Waals surface area contributed by atoms with Crippen molar-refractivity contribution in [2.45, 2.75) is 24.6 Å². The van der Waals surface area contributed by atoms with E-state index >= 15 is 0 Å². The van der Waals surface area contributed by atoms with Gasteiger partial charge < -0.3 is 10.4 Å². The summed E-state index contributed by atoms with van der Waals surface area (Å²) in [7, 11) is -4.75. The van der Waals surface area contributed by atoms with E-state index in [1.54, 1.807) is 0 Å². The first-order valence-electron chi connectivity index (χ1n) is 4.76. The van der Waals surface area contributed by atoms with E-state index in [0.29, 0.717) is 0 Å². The number of nitrogens with one attached hydrogen (secondary N) is 1. The van der Waals surface area contributed by atoms with Crippen LogP contribution in [-0.4, -0.2) is 40.7 Å². The molecule has 0 saturated carbocycles. The molecule has 0 aromatic rings. The summed E-state index contributed by atoms with van der Waals surface area (Å²) in [4.78, 5) is 22.0. The Bertz CT molecular complexity index is 490. The van der Waals surface area contributed by atoms with Crippen LogP contribution in [0.2, 0.25) is 0 Å². The molecule has 0 aliphatic carbocycles. The minimum absolute atomic E-state index is 0.702. The van der Waals surface area contributed by atoms with Crippen LogP contribution in [0, 0.1) is 0 Å². The molecule has 1 unspecified atom stereocenters. The van der Waals surface area contributed by atoms with Crippen LogP contribution in [0.5, 0.6) is 0 Å². The van der Waals surface area contributed by atoms with Crippen LogP contribution in [0.3, 0.4) is 0 Å². The Morgan fingerprint density at radius 2 is 1.83 bits per heavy atom. The Morgan fingerprint density at radius 1 is 1.39 bits per heavy atom. The van der Waals surface area contributed by atoms with Crippen molar-refractivity contribution < 1.29 is 27.7 Å². The number of aliphatic carboxylic acids is 1. The molecule has 0 aromatic carbocycles. The summed E-state index contributed by atoms with van der Waals surface area (Å²) in [5, 5.41) is 9.12. The van der Waals surface area contributed by atoms with E-state index in [2.05, 4.69) is 18.5 Å². The number of carboxylic acid groups (broad SMARTS) is 1. The number of rotatable bonds is 6. The van der Waals surface area contributed by atoms with Gasteiger partial charge in [0, 0.05) is 0 Å². The first kappa shape index (κ1) is 16.3. The lowest BCUT2D eigenvalue weighted by Gasteiger charge is -2.32. The van der Waals surface area contributed by atoms with Crippen LogP contribution >= 0.6 is 0 Å². The number of carboxylic acids is 1. The standard InChI is InChI=1S/C10H15NO6S/c1-5-7(12)11-10(3,4)8(18(15,16)17)6(2)9(13)14/h5,8H,1-2H2,3-4H3,(H,11,12)(H,13,14)(H,15,16,17). The quantitative estimate of drug-likeness (QED) is 0.463. The molecule has 0 bridgehead atoms. The molecule has 0 aliphatic rings. The lowest BCUT2D eigenvalue weighted by molar-refractivity contribution is -0.133. The van der Waals surface area contributed by atoms with Gasteiger partial charge in [-0.2, -0.15) is 8.42 Å². The van der Waals surface area contributed by atoms with Crippen molar-refractivity contribution >= 4 is 22.0 Å². The van der Waals surface area contributed by atoms with Gasteiger partial charge in [0.05, 0.1) is 11.1 Å². The van der Waals surface area contributed by atoms with Crippen molar-refractivity contribution in [3.05, 3.63) is 24.8 Å². The molecule has 0 fully saturated rings. The molecule has 0 radical (unpaired) electrons. The molecule has 3 N–H and O–H groups in total. The molecule has 8 heteroatoms. The van der Waals surface area contributed by atoms with Gasteiger partial charge in [-0.15, -0.1) is 0 Å². The van der Waals surface area contributed by atoms with Crippen LogP contribution in [0.1, 0.15) is 13.8 Å². The maximum atomic E-state index is 11.2. The Kier molecular flexibility index (Phi) is 4.82. The summed E-state index contributed by atoms with van der Waals surface area (Å²) in [5.74, 6) is -2.29. The maximum Gasteiger partial charge on any atom is 0.332 e. The highest BCUT2D eigenvalue weighted by molar-refractivity contribution is 7.86. The monoisotopic (exact) mass is 277 g/mol. The minimum Gasteiger partial charge on any atom is -0.478 e. The predicted octanol–water partition coefficient (Wildman–Crippen LogP) is -0.0356. The van der Waals surface area contributed by atoms with E-state index in [-0.39, 0.29) is 0 Å². The highest BCUT2D eigenvalue weighted by Gasteiger charge is 2.43. The third-order valence-corrected chi connectivity index (χ3v) is 3.64. The molecule has 18 heavy (non-hydrogen) atoms. The van der Waals surface area contributed by atoms with Crippen LogP contribution in [0.4, 0.5) is 0 Å². The van der Waals surface area contributed by atoms with E-state index < -0.39 is 38.4 Å². The zero-order chi connectivity index (χ0) is 14.7. The van der Waals surface area contributed by atoms with Crippen LogP contribution in [-0.2, 0) is 19.7 Å². The SMILES string of the molecule is C=CC(=O)NC(C)(C)C(C(=C)C(=O)O)S(=O)(=O)O. The van der Waals surface area contributed by atoms with Gasteiger partial charge in [0.15, 0.2) is 0 Å². The number of amides is 1. The van der Waals surface area contributed by atoms with Crippen molar-refractivity contribution in [1.82, 2.24) is 5.32 Å². The summed E-state index contributed by atoms with van der Waals surface area (Å²) >= 11 is 0. The smallest absolute Gasteiger partial charge is 0.332 e. The summed E-state index contributed by atoms with van der Waals surface area (Å²) in [6.45, 7) is 8.79. The molecule has 102 valence electrons. The molecule has 7 nitrogen and oxygen atoms in total. The van der Waals surface area contributed by atoms with Gasteiger partial charge in [0.2, 0.25) is 5.91 Å². The van der Waals surface area contributed by atoms with Crippen molar-refractivity contribution in [2.24, 2.45) is 0 Å². The van der Waals surface area contributed by atoms with Gasteiger partial charge in [-0.25, -0.2) is 4.79 Å². The van der Waals surface area contributed by atoms with E-state index in [4.69, 9.17) is 9.66 Å². The maximum absolute atomic E-state index is 11.2. The molecular formula is C10H15NO6S. The lowest BCUT2D eigenvalue weighted by Crippen LogP contribution is -2.56. The molecule has 0 saturated heterocycles. The highest BCUT2D eigenvalue weighted by Crippen LogP contribution is 2.23. The number of carbonyl (C=O) groups excluding carboxylic acids is 1. The van der Waals surface area contributed by atoms with E-state index in [1.807, 2.05) is 0 Å². The van der Waals surface area contributed by atoms with Crippen molar-refractivity contribution in [2.75, 3.05) is 0 Å². The highest BCUT2D eigenvalue weighted by atomic mass is 32.2. The number of carbonyl (C=O) groups is 2. The fourth-order valence-electron chi connectivity index (χ4n) is 1.53. The third-order valence-electron chi connectivity index (χ3n) is 2.18. The van der Waals surface area contributed by atoms with Gasteiger partial charge >= 0.3 is 5.97 Å². The molecule has 0 aliphatic heterocycles. The van der Waals surface area contributed by atoms with Gasteiger partial charge in [-0.1, -0.05) is 13.2 Å². The topological polar surface area (TPSA) is 121 Å². The van der Waals surface area contributed by atoms with E-state index in [0.717, 1.165) is 6.08 Å². The van der Waals surface area contributed by atoms with Crippen molar-refractivity contribution in [1.29, 1.82) is 0 Å². The first-order chi connectivity index (χ1) is 7.93. The van der Waals surface area contributed by atoms with Crippen LogP contribution in [0.15, 0.2) is 24.8 Å². The van der Waals surface area contributed by atoms with Gasteiger partial charge in [-0.3, -0.25) is 9.35 Å². The van der Waals surface area contributed by atoms with Crippen molar-refractivity contribution in [3.8, 4) is 0 Å². The normalized spacial score (nSPS) is 13.5. The third kappa shape index (κ3) is 3.97. The Balaban J connectivity index is 5.60. The predicted molar refractivity (Wildman–Crippen MR) is 64.5 cm³/mol. The zero-order valence-corrected chi connectivity index (χ0v) is 10.8. The molecule has 0 aromatic heterocycles.